The van der Waals surface area contributed by atoms with Gasteiger partial charge in [0.25, 0.3) is 0 Å². The average Bonchev–Trinajstić information content (AvgIpc) is 2.56. The van der Waals surface area contributed by atoms with E-state index in [1.165, 1.54) is 0 Å². The molecule has 1 aliphatic rings. The Hall–Kier alpha value is -0.610. The number of benzene rings is 1. The molecule has 0 radical (unpaired) electrons. The second kappa shape index (κ2) is 4.94. The van der Waals surface area contributed by atoms with Crippen LogP contribution in [0.1, 0.15) is 19.4 Å². The van der Waals surface area contributed by atoms with E-state index in [4.69, 9.17) is 21.1 Å². The summed E-state index contributed by atoms with van der Waals surface area (Å²) < 4.78 is 11.4. The Morgan fingerprint density at radius 2 is 1.88 bits per heavy atom. The highest BCUT2D eigenvalue weighted by molar-refractivity contribution is 6.31. The third-order valence-electron chi connectivity index (χ3n) is 2.84. The third kappa shape index (κ3) is 2.99. The quantitative estimate of drug-likeness (QED) is 0.903. The Morgan fingerprint density at radius 3 is 2.53 bits per heavy atom. The van der Waals surface area contributed by atoms with E-state index >= 15 is 0 Å². The molecule has 0 unspecified atom stereocenters. The smallest absolute Gasteiger partial charge is 0.163 e. The zero-order valence-corrected chi connectivity index (χ0v) is 10.8. The fraction of sp³-hybridized carbons (Fsp3) is 0.538. The molecule has 1 heterocycles. The van der Waals surface area contributed by atoms with Crippen LogP contribution in [0.5, 0.6) is 0 Å². The van der Waals surface area contributed by atoms with Gasteiger partial charge in [-0.3, -0.25) is 0 Å². The van der Waals surface area contributed by atoms with Crippen LogP contribution in [0.3, 0.4) is 0 Å². The van der Waals surface area contributed by atoms with Crippen LogP contribution < -0.4 is 0 Å². The number of halogens is 1. The molecule has 4 heteroatoms. The van der Waals surface area contributed by atoms with Crippen LogP contribution in [-0.4, -0.2) is 29.7 Å². The zero-order chi connectivity index (χ0) is 12.5. The van der Waals surface area contributed by atoms with E-state index in [-0.39, 0.29) is 18.8 Å². The van der Waals surface area contributed by atoms with Crippen molar-refractivity contribution in [1.29, 1.82) is 0 Å². The van der Waals surface area contributed by atoms with E-state index in [1.807, 2.05) is 38.1 Å². The van der Waals surface area contributed by atoms with Crippen LogP contribution in [0.25, 0.3) is 0 Å². The molecule has 1 N–H and O–H groups in total. The SMILES string of the molecule is CC1(C)O[C@@H](CO)[C@H](Cc2ccccc2Cl)O1. The summed E-state index contributed by atoms with van der Waals surface area (Å²) in [6, 6.07) is 7.65. The molecule has 0 saturated carbocycles. The highest BCUT2D eigenvalue weighted by atomic mass is 35.5. The number of ether oxygens (including phenoxy) is 2. The molecule has 1 saturated heterocycles. The van der Waals surface area contributed by atoms with Gasteiger partial charge in [-0.05, 0) is 25.5 Å². The van der Waals surface area contributed by atoms with Crippen molar-refractivity contribution in [2.24, 2.45) is 0 Å². The van der Waals surface area contributed by atoms with E-state index in [1.54, 1.807) is 0 Å². The monoisotopic (exact) mass is 256 g/mol. The molecule has 1 aromatic carbocycles. The van der Waals surface area contributed by atoms with Gasteiger partial charge in [0.2, 0.25) is 0 Å². The molecule has 0 aliphatic carbocycles. The summed E-state index contributed by atoms with van der Waals surface area (Å²) >= 11 is 6.11. The van der Waals surface area contributed by atoms with E-state index in [0.29, 0.717) is 6.42 Å². The summed E-state index contributed by atoms with van der Waals surface area (Å²) in [6.45, 7) is 3.66. The minimum atomic E-state index is -0.640. The van der Waals surface area contributed by atoms with E-state index in [2.05, 4.69) is 0 Å². The second-order valence-electron chi connectivity index (χ2n) is 4.69. The maximum absolute atomic E-state index is 9.28. The Bertz CT molecular complexity index is 392. The predicted molar refractivity (Wildman–Crippen MR) is 66.1 cm³/mol. The Morgan fingerprint density at radius 1 is 1.24 bits per heavy atom. The Labute approximate surface area is 106 Å². The summed E-state index contributed by atoms with van der Waals surface area (Å²) in [5.74, 6) is -0.640. The highest BCUT2D eigenvalue weighted by Gasteiger charge is 2.40. The highest BCUT2D eigenvalue weighted by Crippen LogP contribution is 2.31. The number of hydrogen-bond acceptors (Lipinski definition) is 3. The first-order chi connectivity index (χ1) is 8.02. The molecule has 94 valence electrons. The molecule has 17 heavy (non-hydrogen) atoms. The third-order valence-corrected chi connectivity index (χ3v) is 3.21. The van der Waals surface area contributed by atoms with E-state index in [9.17, 15) is 5.11 Å². The molecule has 0 aromatic heterocycles. The van der Waals surface area contributed by atoms with Gasteiger partial charge in [-0.15, -0.1) is 0 Å². The lowest BCUT2D eigenvalue weighted by Crippen LogP contribution is -2.28. The van der Waals surface area contributed by atoms with Crippen LogP contribution in [0.2, 0.25) is 5.02 Å². The average molecular weight is 257 g/mol. The number of aliphatic hydroxyl groups is 1. The first-order valence-corrected chi connectivity index (χ1v) is 6.09. The van der Waals surface area contributed by atoms with Crippen molar-refractivity contribution >= 4 is 11.6 Å². The Kier molecular flexibility index (Phi) is 3.73. The van der Waals surface area contributed by atoms with Gasteiger partial charge in [0, 0.05) is 11.4 Å². The molecule has 3 nitrogen and oxygen atoms in total. The fourth-order valence-electron chi connectivity index (χ4n) is 2.12. The zero-order valence-electron chi connectivity index (χ0n) is 10.0. The van der Waals surface area contributed by atoms with Gasteiger partial charge in [0.15, 0.2) is 5.79 Å². The number of rotatable bonds is 3. The normalized spacial score (nSPS) is 27.3. The first kappa shape index (κ1) is 12.8. The molecule has 1 aliphatic heterocycles. The summed E-state index contributed by atoms with van der Waals surface area (Å²) in [4.78, 5) is 0. The van der Waals surface area contributed by atoms with Gasteiger partial charge in [-0.2, -0.15) is 0 Å². The fourth-order valence-corrected chi connectivity index (χ4v) is 2.33. The minimum Gasteiger partial charge on any atom is -0.394 e. The molecule has 0 spiro atoms. The summed E-state index contributed by atoms with van der Waals surface area (Å²) in [6.07, 6.45) is 0.199. The van der Waals surface area contributed by atoms with Crippen LogP contribution in [0.4, 0.5) is 0 Å². The Balaban J connectivity index is 2.11. The molecule has 0 bridgehead atoms. The van der Waals surface area contributed by atoms with Crippen LogP contribution >= 0.6 is 11.6 Å². The van der Waals surface area contributed by atoms with E-state index < -0.39 is 5.79 Å². The van der Waals surface area contributed by atoms with Crippen LogP contribution in [-0.2, 0) is 15.9 Å². The van der Waals surface area contributed by atoms with Gasteiger partial charge in [-0.25, -0.2) is 0 Å². The molecule has 1 aromatic rings. The molecule has 2 rings (SSSR count). The van der Waals surface area contributed by atoms with Crippen molar-refractivity contribution in [1.82, 2.24) is 0 Å². The lowest BCUT2D eigenvalue weighted by Gasteiger charge is -2.17. The minimum absolute atomic E-state index is 0.0431. The molecular formula is C13H17ClO3. The maximum atomic E-state index is 9.28. The number of hydrogen-bond donors (Lipinski definition) is 1. The molecular weight excluding hydrogens is 240 g/mol. The van der Waals surface area contributed by atoms with Crippen molar-refractivity contribution in [2.45, 2.75) is 38.3 Å². The van der Waals surface area contributed by atoms with Crippen molar-refractivity contribution in [3.63, 3.8) is 0 Å². The van der Waals surface area contributed by atoms with Gasteiger partial charge < -0.3 is 14.6 Å². The lowest BCUT2D eigenvalue weighted by molar-refractivity contribution is -0.149. The van der Waals surface area contributed by atoms with Gasteiger partial charge in [0.1, 0.15) is 6.10 Å². The number of aliphatic hydroxyl groups excluding tert-OH is 1. The van der Waals surface area contributed by atoms with Crippen molar-refractivity contribution in [3.8, 4) is 0 Å². The molecule has 2 atom stereocenters. The van der Waals surface area contributed by atoms with Gasteiger partial charge in [0.05, 0.1) is 12.7 Å². The lowest BCUT2D eigenvalue weighted by atomic mass is 10.0. The van der Waals surface area contributed by atoms with Gasteiger partial charge in [-0.1, -0.05) is 29.8 Å². The van der Waals surface area contributed by atoms with Crippen LogP contribution in [0.15, 0.2) is 24.3 Å². The maximum Gasteiger partial charge on any atom is 0.163 e. The first-order valence-electron chi connectivity index (χ1n) is 5.72. The summed E-state index contributed by atoms with van der Waals surface area (Å²) in [5, 5.41) is 10.00. The van der Waals surface area contributed by atoms with Crippen molar-refractivity contribution in [3.05, 3.63) is 34.9 Å². The van der Waals surface area contributed by atoms with Gasteiger partial charge >= 0.3 is 0 Å². The topological polar surface area (TPSA) is 38.7 Å². The largest absolute Gasteiger partial charge is 0.394 e. The predicted octanol–water partition coefficient (Wildman–Crippen LogP) is 2.39. The standard InChI is InChI=1S/C13H17ClO3/c1-13(2)16-11(12(8-15)17-13)7-9-5-3-4-6-10(9)14/h3-6,11-12,15H,7-8H2,1-2H3/t11-,12-/m0/s1. The van der Waals surface area contributed by atoms with Crippen molar-refractivity contribution < 1.29 is 14.6 Å². The summed E-state index contributed by atoms with van der Waals surface area (Å²) in [7, 11) is 0. The van der Waals surface area contributed by atoms with Crippen molar-refractivity contribution in [2.75, 3.05) is 6.61 Å². The molecule has 0 amide bonds. The second-order valence-corrected chi connectivity index (χ2v) is 5.10. The van der Waals surface area contributed by atoms with Crippen LogP contribution in [0, 0.1) is 0 Å². The molecule has 1 fully saturated rings. The summed E-state index contributed by atoms with van der Waals surface area (Å²) in [5.41, 5.74) is 1.01. The van der Waals surface area contributed by atoms with E-state index in [0.717, 1.165) is 10.6 Å².